The molecule has 92 valence electrons. The van der Waals surface area contributed by atoms with Gasteiger partial charge in [0.2, 0.25) is 5.91 Å². The van der Waals surface area contributed by atoms with Gasteiger partial charge in [0.05, 0.1) is 0 Å². The second kappa shape index (κ2) is 6.48. The van der Waals surface area contributed by atoms with Gasteiger partial charge in [-0.05, 0) is 31.7 Å². The highest BCUT2D eigenvalue weighted by Gasteiger charge is 2.24. The quantitative estimate of drug-likeness (QED) is 0.672. The molecule has 0 saturated heterocycles. The molecule has 1 fully saturated rings. The maximum absolute atomic E-state index is 11.2. The van der Waals surface area contributed by atoms with E-state index in [0.29, 0.717) is 13.0 Å². The zero-order valence-corrected chi connectivity index (χ0v) is 9.87. The molecule has 0 unspecified atom stereocenters. The number of urea groups is 1. The average molecular weight is 227 g/mol. The van der Waals surface area contributed by atoms with Crippen molar-refractivity contribution in [3.63, 3.8) is 0 Å². The van der Waals surface area contributed by atoms with E-state index < -0.39 is 6.03 Å². The van der Waals surface area contributed by atoms with Crippen LogP contribution >= 0.6 is 0 Å². The summed E-state index contributed by atoms with van der Waals surface area (Å²) in [6.07, 6.45) is 4.06. The largest absolute Gasteiger partial charge is 0.351 e. The molecule has 0 aromatic carbocycles. The van der Waals surface area contributed by atoms with E-state index in [-0.39, 0.29) is 5.91 Å². The molecule has 0 bridgehead atoms. The van der Waals surface area contributed by atoms with Crippen LogP contribution in [0.5, 0.6) is 0 Å². The van der Waals surface area contributed by atoms with Gasteiger partial charge >= 0.3 is 6.03 Å². The van der Waals surface area contributed by atoms with Gasteiger partial charge in [0.25, 0.3) is 0 Å². The van der Waals surface area contributed by atoms with E-state index in [4.69, 9.17) is 5.73 Å². The van der Waals surface area contributed by atoms with Crippen molar-refractivity contribution < 1.29 is 9.59 Å². The zero-order chi connectivity index (χ0) is 12.0. The Kier molecular flexibility index (Phi) is 5.25. The fraction of sp³-hybridized carbons (Fsp3) is 0.818. The Balaban J connectivity index is 2.19. The first-order valence-electron chi connectivity index (χ1n) is 5.93. The Morgan fingerprint density at radius 1 is 1.38 bits per heavy atom. The Hall–Kier alpha value is -1.10. The number of amides is 3. The highest BCUT2D eigenvalue weighted by molar-refractivity contribution is 5.93. The molecule has 5 nitrogen and oxygen atoms in total. The number of carbonyl (C=O) groups excluding carboxylic acids is 2. The lowest BCUT2D eigenvalue weighted by Crippen LogP contribution is -2.37. The van der Waals surface area contributed by atoms with E-state index in [0.717, 1.165) is 25.4 Å². The van der Waals surface area contributed by atoms with Gasteiger partial charge in [0.1, 0.15) is 0 Å². The van der Waals surface area contributed by atoms with Crippen molar-refractivity contribution in [3.8, 4) is 0 Å². The molecule has 0 radical (unpaired) electrons. The van der Waals surface area contributed by atoms with Crippen LogP contribution < -0.4 is 11.1 Å². The monoisotopic (exact) mass is 227 g/mol. The number of hydrogen-bond acceptors (Lipinski definition) is 3. The minimum Gasteiger partial charge on any atom is -0.351 e. The first-order chi connectivity index (χ1) is 7.61. The molecule has 3 N–H and O–H groups in total. The lowest BCUT2D eigenvalue weighted by Gasteiger charge is -2.20. The topological polar surface area (TPSA) is 75.4 Å². The van der Waals surface area contributed by atoms with Gasteiger partial charge < -0.3 is 10.6 Å². The third-order valence-electron chi connectivity index (χ3n) is 2.67. The van der Waals surface area contributed by atoms with Crippen LogP contribution in [0.15, 0.2) is 0 Å². The Bertz CT molecular complexity index is 252. The van der Waals surface area contributed by atoms with Crippen LogP contribution in [0.3, 0.4) is 0 Å². The second-order valence-corrected chi connectivity index (χ2v) is 4.41. The van der Waals surface area contributed by atoms with Crippen molar-refractivity contribution >= 4 is 11.9 Å². The summed E-state index contributed by atoms with van der Waals surface area (Å²) < 4.78 is 0. The van der Waals surface area contributed by atoms with Gasteiger partial charge in [-0.25, -0.2) is 4.79 Å². The molecule has 1 aliphatic carbocycles. The third kappa shape index (κ3) is 5.70. The van der Waals surface area contributed by atoms with E-state index in [1.165, 1.54) is 12.8 Å². The molecule has 0 spiro atoms. The maximum atomic E-state index is 11.2. The summed E-state index contributed by atoms with van der Waals surface area (Å²) in [4.78, 5) is 24.0. The lowest BCUT2D eigenvalue weighted by atomic mass is 10.3. The molecule has 16 heavy (non-hydrogen) atoms. The van der Waals surface area contributed by atoms with Crippen LogP contribution in [-0.2, 0) is 4.79 Å². The predicted molar refractivity (Wildman–Crippen MR) is 61.8 cm³/mol. The van der Waals surface area contributed by atoms with Crippen molar-refractivity contribution in [2.75, 3.05) is 19.6 Å². The maximum Gasteiger partial charge on any atom is 0.318 e. The second-order valence-electron chi connectivity index (χ2n) is 4.41. The van der Waals surface area contributed by atoms with Crippen molar-refractivity contribution in [2.24, 2.45) is 11.7 Å². The predicted octanol–water partition coefficient (Wildman–Crippen LogP) is 0.693. The number of hydrogen-bond donors (Lipinski definition) is 2. The molecule has 0 aromatic heterocycles. The smallest absolute Gasteiger partial charge is 0.318 e. The SMILES string of the molecule is CCCN(CCC(=O)NC(N)=O)CC1CC1. The highest BCUT2D eigenvalue weighted by Crippen LogP contribution is 2.29. The van der Waals surface area contributed by atoms with Crippen LogP contribution in [0.1, 0.15) is 32.6 Å². The third-order valence-corrected chi connectivity index (χ3v) is 2.67. The molecule has 3 amide bonds. The molecular weight excluding hydrogens is 206 g/mol. The summed E-state index contributed by atoms with van der Waals surface area (Å²) in [5.74, 6) is 0.537. The molecule has 0 aromatic rings. The summed E-state index contributed by atoms with van der Waals surface area (Å²) in [6, 6.07) is -0.769. The van der Waals surface area contributed by atoms with Crippen molar-refractivity contribution in [2.45, 2.75) is 32.6 Å². The number of primary amides is 1. The van der Waals surface area contributed by atoms with Crippen molar-refractivity contribution in [3.05, 3.63) is 0 Å². The Morgan fingerprint density at radius 3 is 2.56 bits per heavy atom. The minimum atomic E-state index is -0.769. The van der Waals surface area contributed by atoms with Crippen LogP contribution in [0.2, 0.25) is 0 Å². The van der Waals surface area contributed by atoms with Gasteiger partial charge in [0.15, 0.2) is 0 Å². The van der Waals surface area contributed by atoms with Crippen LogP contribution in [0, 0.1) is 5.92 Å². The zero-order valence-electron chi connectivity index (χ0n) is 9.87. The number of imide groups is 1. The Morgan fingerprint density at radius 2 is 2.06 bits per heavy atom. The molecule has 0 heterocycles. The van der Waals surface area contributed by atoms with E-state index in [2.05, 4.69) is 17.1 Å². The van der Waals surface area contributed by atoms with Crippen LogP contribution in [-0.4, -0.2) is 36.5 Å². The Labute approximate surface area is 96.4 Å². The van der Waals surface area contributed by atoms with Crippen LogP contribution in [0.25, 0.3) is 0 Å². The molecule has 1 saturated carbocycles. The summed E-state index contributed by atoms with van der Waals surface area (Å²) in [6.45, 7) is 4.94. The van der Waals surface area contributed by atoms with E-state index in [1.807, 2.05) is 0 Å². The number of nitrogens with one attached hydrogen (secondary N) is 1. The summed E-state index contributed by atoms with van der Waals surface area (Å²) in [7, 11) is 0. The standard InChI is InChI=1S/C11H21N3O2/c1-2-6-14(8-9-3-4-9)7-5-10(15)13-11(12)16/h9H,2-8H2,1H3,(H3,12,13,15,16). The molecule has 1 rings (SSSR count). The molecule has 0 atom stereocenters. The number of rotatable bonds is 7. The summed E-state index contributed by atoms with van der Waals surface area (Å²) in [5, 5.41) is 2.08. The van der Waals surface area contributed by atoms with Crippen molar-refractivity contribution in [1.82, 2.24) is 10.2 Å². The first kappa shape index (κ1) is 13.0. The molecular formula is C11H21N3O2. The van der Waals surface area contributed by atoms with Crippen molar-refractivity contribution in [1.29, 1.82) is 0 Å². The van der Waals surface area contributed by atoms with Gasteiger partial charge in [-0.2, -0.15) is 0 Å². The minimum absolute atomic E-state index is 0.288. The molecule has 0 aliphatic heterocycles. The van der Waals surface area contributed by atoms with E-state index >= 15 is 0 Å². The first-order valence-corrected chi connectivity index (χ1v) is 5.93. The fourth-order valence-corrected chi connectivity index (χ4v) is 1.74. The van der Waals surface area contributed by atoms with Gasteiger partial charge in [-0.15, -0.1) is 0 Å². The number of nitrogens with two attached hydrogens (primary N) is 1. The highest BCUT2D eigenvalue weighted by atomic mass is 16.2. The number of nitrogens with zero attached hydrogens (tertiary/aromatic N) is 1. The van der Waals surface area contributed by atoms with Crippen LogP contribution in [0.4, 0.5) is 4.79 Å². The normalized spacial score (nSPS) is 15.1. The molecule has 5 heteroatoms. The summed E-state index contributed by atoms with van der Waals surface area (Å²) in [5.41, 5.74) is 4.86. The molecule has 1 aliphatic rings. The van der Waals surface area contributed by atoms with E-state index in [1.54, 1.807) is 0 Å². The van der Waals surface area contributed by atoms with Gasteiger partial charge in [0, 0.05) is 19.5 Å². The average Bonchev–Trinajstić information content (AvgIpc) is 2.97. The lowest BCUT2D eigenvalue weighted by molar-refractivity contribution is -0.120. The van der Waals surface area contributed by atoms with Gasteiger partial charge in [-0.3, -0.25) is 10.1 Å². The van der Waals surface area contributed by atoms with Gasteiger partial charge in [-0.1, -0.05) is 6.92 Å². The fourth-order valence-electron chi connectivity index (χ4n) is 1.74. The summed E-state index contributed by atoms with van der Waals surface area (Å²) >= 11 is 0. The number of carbonyl (C=O) groups is 2. The van der Waals surface area contributed by atoms with E-state index in [9.17, 15) is 9.59 Å².